The molecule has 72 heavy (non-hydrogen) atoms. The van der Waals surface area contributed by atoms with Crippen LogP contribution in [0.1, 0.15) is 282 Å². The summed E-state index contributed by atoms with van der Waals surface area (Å²) in [6, 6.07) is 16.6. The summed E-state index contributed by atoms with van der Waals surface area (Å²) in [6.45, 7) is 10.8. The first-order valence-corrected chi connectivity index (χ1v) is 30.7. The van der Waals surface area contributed by atoms with E-state index < -0.39 is 0 Å². The Labute approximate surface area is 441 Å². The number of aromatic nitrogens is 4. The first-order valence-electron chi connectivity index (χ1n) is 30.7. The highest BCUT2D eigenvalue weighted by Gasteiger charge is 2.24. The molecule has 4 aromatic rings. The molecule has 2 aromatic heterocycles. The zero-order valence-corrected chi connectivity index (χ0v) is 46.7. The molecular formula is C66H104N4O2. The van der Waals surface area contributed by atoms with Gasteiger partial charge in [-0.25, -0.2) is 19.9 Å². The Morgan fingerprint density at radius 1 is 0.333 bits per heavy atom. The van der Waals surface area contributed by atoms with Crippen molar-refractivity contribution in [1.29, 1.82) is 0 Å². The molecule has 6 rings (SSSR count). The highest BCUT2D eigenvalue weighted by atomic mass is 16.5. The second kappa shape index (κ2) is 37.9. The lowest BCUT2D eigenvalue weighted by Crippen LogP contribution is -2.14. The van der Waals surface area contributed by atoms with E-state index >= 15 is 0 Å². The monoisotopic (exact) mass is 985 g/mol. The molecule has 0 amide bonds. The van der Waals surface area contributed by atoms with Crippen LogP contribution in [0.2, 0.25) is 0 Å². The van der Waals surface area contributed by atoms with E-state index in [-0.39, 0.29) is 0 Å². The second-order valence-electron chi connectivity index (χ2n) is 22.2. The van der Waals surface area contributed by atoms with Gasteiger partial charge in [-0.1, -0.05) is 195 Å². The molecule has 0 atom stereocenters. The molecule has 2 saturated carbocycles. The Kier molecular flexibility index (Phi) is 31.1. The highest BCUT2D eigenvalue weighted by molar-refractivity contribution is 5.57. The first-order chi connectivity index (χ1) is 35.6. The average Bonchev–Trinajstić information content (AvgIpc) is 3.43. The molecule has 0 unspecified atom stereocenters. The third kappa shape index (κ3) is 24.0. The number of rotatable bonds is 36. The maximum atomic E-state index is 5.96. The van der Waals surface area contributed by atoms with Crippen LogP contribution in [-0.4, -0.2) is 33.1 Å². The Bertz CT molecular complexity index is 1860. The minimum absolute atomic E-state index is 0.641. The Balaban J connectivity index is 0.000000268. The van der Waals surface area contributed by atoms with Crippen molar-refractivity contribution in [1.82, 2.24) is 19.9 Å². The van der Waals surface area contributed by atoms with Gasteiger partial charge in [-0.15, -0.1) is 0 Å². The van der Waals surface area contributed by atoms with Gasteiger partial charge in [0.2, 0.25) is 0 Å². The lowest BCUT2D eigenvalue weighted by molar-refractivity contribution is 0.301. The maximum Gasteiger partial charge on any atom is 0.159 e. The fourth-order valence-corrected chi connectivity index (χ4v) is 11.3. The molecule has 0 bridgehead atoms. The molecular weight excluding hydrogens is 881 g/mol. The van der Waals surface area contributed by atoms with Gasteiger partial charge in [0.05, 0.1) is 13.2 Å². The average molecular weight is 986 g/mol. The summed E-state index contributed by atoms with van der Waals surface area (Å²) in [5, 5.41) is 0. The number of hydrogen-bond acceptors (Lipinski definition) is 6. The van der Waals surface area contributed by atoms with E-state index in [4.69, 9.17) is 29.4 Å². The zero-order chi connectivity index (χ0) is 50.5. The number of ether oxygens (including phenoxy) is 2. The van der Waals surface area contributed by atoms with Crippen LogP contribution in [-0.2, 0) is 0 Å². The van der Waals surface area contributed by atoms with Crippen LogP contribution in [0, 0.1) is 11.8 Å². The van der Waals surface area contributed by atoms with Gasteiger partial charge in [0.15, 0.2) is 11.6 Å². The van der Waals surface area contributed by atoms with E-state index in [2.05, 4.69) is 101 Å². The molecule has 2 aliphatic rings. The van der Waals surface area contributed by atoms with E-state index in [9.17, 15) is 0 Å². The second-order valence-corrected chi connectivity index (χ2v) is 22.2. The molecule has 6 nitrogen and oxygen atoms in total. The van der Waals surface area contributed by atoms with Crippen LogP contribution < -0.4 is 9.47 Å². The predicted molar refractivity (Wildman–Crippen MR) is 307 cm³/mol. The Hall–Kier alpha value is -3.80. The van der Waals surface area contributed by atoms with Gasteiger partial charge >= 0.3 is 0 Å². The van der Waals surface area contributed by atoms with Crippen molar-refractivity contribution in [2.45, 2.75) is 271 Å². The summed E-state index contributed by atoms with van der Waals surface area (Å²) in [6.07, 6.45) is 57.1. The minimum atomic E-state index is 0.641. The molecule has 2 aliphatic carbocycles. The minimum Gasteiger partial charge on any atom is -0.494 e. The number of benzene rings is 2. The summed E-state index contributed by atoms with van der Waals surface area (Å²) < 4.78 is 11.9. The van der Waals surface area contributed by atoms with Gasteiger partial charge in [-0.3, -0.25) is 0 Å². The molecule has 2 fully saturated rings. The summed E-state index contributed by atoms with van der Waals surface area (Å²) in [5.41, 5.74) is 4.77. The summed E-state index contributed by atoms with van der Waals surface area (Å²) in [7, 11) is 0. The summed E-state index contributed by atoms with van der Waals surface area (Å²) in [4.78, 5) is 18.9. The van der Waals surface area contributed by atoms with Crippen molar-refractivity contribution in [3.8, 4) is 34.3 Å². The van der Waals surface area contributed by atoms with Crippen LogP contribution in [0.25, 0.3) is 22.8 Å². The smallest absolute Gasteiger partial charge is 0.159 e. The van der Waals surface area contributed by atoms with Crippen molar-refractivity contribution in [2.75, 3.05) is 13.2 Å². The molecule has 0 radical (unpaired) electrons. The van der Waals surface area contributed by atoms with Crippen LogP contribution in [0.15, 0.2) is 73.3 Å². The van der Waals surface area contributed by atoms with E-state index in [1.807, 2.05) is 0 Å². The van der Waals surface area contributed by atoms with Gasteiger partial charge in [-0.2, -0.15) is 0 Å². The van der Waals surface area contributed by atoms with Gasteiger partial charge in [0, 0.05) is 35.9 Å². The molecule has 2 heterocycles. The molecule has 400 valence electrons. The van der Waals surface area contributed by atoms with E-state index in [1.54, 1.807) is 0 Å². The zero-order valence-electron chi connectivity index (χ0n) is 46.7. The van der Waals surface area contributed by atoms with E-state index in [0.717, 1.165) is 72.2 Å². The van der Waals surface area contributed by atoms with E-state index in [0.29, 0.717) is 11.8 Å². The van der Waals surface area contributed by atoms with Gasteiger partial charge in [0.25, 0.3) is 0 Å². The lowest BCUT2D eigenvalue weighted by Gasteiger charge is -2.28. The fraction of sp³-hybridized carbons (Fsp3) is 0.697. The van der Waals surface area contributed by atoms with Gasteiger partial charge < -0.3 is 9.47 Å². The molecule has 0 N–H and O–H groups in total. The van der Waals surface area contributed by atoms with Crippen LogP contribution in [0.4, 0.5) is 0 Å². The van der Waals surface area contributed by atoms with Crippen LogP contribution in [0.3, 0.4) is 0 Å². The SMILES string of the molecule is CCCCCCCCCCCOc1ccc(-c2ncc(C3CCC(CCCCC)CC3)cn2)cc1.CCCCCCCCCCCOc1ccc(-c2ncc(C3CCC(CCCCCCC)CC3)cn2)cc1. The van der Waals surface area contributed by atoms with Crippen molar-refractivity contribution < 1.29 is 9.47 Å². The highest BCUT2D eigenvalue weighted by Crippen LogP contribution is 2.39. The standard InChI is InChI=1S/C34H54N2O.C32H50N2O/c1-3-5-7-9-10-11-12-14-16-26-37-33-24-22-31(23-25-33)34-35-27-32(28-36-34)30-20-18-29(19-21-30)17-15-13-8-6-4-2;1-3-5-7-8-9-10-11-12-14-24-35-31-22-20-29(21-23-31)32-33-25-30(26-34-32)28-18-16-27(17-19-28)15-13-6-4-2/h22-25,27-30H,3-21,26H2,1-2H3;20-23,25-28H,3-19,24H2,1-2H3. The quantitative estimate of drug-likeness (QED) is 0.0423. The van der Waals surface area contributed by atoms with Crippen molar-refractivity contribution >= 4 is 0 Å². The molecule has 0 spiro atoms. The Morgan fingerprint density at radius 2 is 0.611 bits per heavy atom. The predicted octanol–water partition coefficient (Wildman–Crippen LogP) is 20.6. The molecule has 0 saturated heterocycles. The van der Waals surface area contributed by atoms with Crippen molar-refractivity contribution in [3.05, 3.63) is 84.4 Å². The van der Waals surface area contributed by atoms with E-state index in [1.165, 1.54) is 229 Å². The van der Waals surface area contributed by atoms with Crippen molar-refractivity contribution in [2.24, 2.45) is 11.8 Å². The molecule has 2 aromatic carbocycles. The first kappa shape index (κ1) is 59.1. The third-order valence-electron chi connectivity index (χ3n) is 16.2. The fourth-order valence-electron chi connectivity index (χ4n) is 11.3. The maximum absolute atomic E-state index is 5.96. The van der Waals surface area contributed by atoms with Crippen LogP contribution >= 0.6 is 0 Å². The van der Waals surface area contributed by atoms with Gasteiger partial charge in [-0.05, 0) is 148 Å². The number of hydrogen-bond donors (Lipinski definition) is 0. The number of unbranched alkanes of at least 4 members (excludes halogenated alkanes) is 22. The van der Waals surface area contributed by atoms with Crippen molar-refractivity contribution in [3.63, 3.8) is 0 Å². The lowest BCUT2D eigenvalue weighted by atomic mass is 9.77. The molecule has 0 aliphatic heterocycles. The third-order valence-corrected chi connectivity index (χ3v) is 16.2. The van der Waals surface area contributed by atoms with Gasteiger partial charge in [0.1, 0.15) is 11.5 Å². The van der Waals surface area contributed by atoms with Crippen LogP contribution in [0.5, 0.6) is 11.5 Å². The topological polar surface area (TPSA) is 70.0 Å². The Morgan fingerprint density at radius 3 is 0.944 bits per heavy atom. The molecule has 6 heteroatoms. The largest absolute Gasteiger partial charge is 0.494 e. The summed E-state index contributed by atoms with van der Waals surface area (Å²) >= 11 is 0. The summed E-state index contributed by atoms with van der Waals surface area (Å²) in [5.74, 6) is 6.69. The normalized spacial score (nSPS) is 17.8. The number of nitrogens with zero attached hydrogens (tertiary/aromatic N) is 4.